The number of nitro groups is 1. The van der Waals surface area contributed by atoms with Crippen molar-refractivity contribution in [3.05, 3.63) is 16.4 Å². The van der Waals surface area contributed by atoms with Crippen LogP contribution in [-0.2, 0) is 7.05 Å². The zero-order valence-corrected chi connectivity index (χ0v) is 10.4. The van der Waals surface area contributed by atoms with Crippen LogP contribution in [0.2, 0.25) is 0 Å². The Labute approximate surface area is 105 Å². The molecule has 18 heavy (non-hydrogen) atoms. The smallest absolute Gasteiger partial charge is 0.396 e. The molecule has 1 aromatic rings. The van der Waals surface area contributed by atoms with Crippen molar-refractivity contribution in [2.24, 2.45) is 7.05 Å². The minimum atomic E-state index is -0.444. The second kappa shape index (κ2) is 5.34. The van der Waals surface area contributed by atoms with Gasteiger partial charge in [-0.3, -0.25) is 4.57 Å². The monoisotopic (exact) mass is 254 g/mol. The number of aliphatic hydroxyl groups is 1. The zero-order valence-electron chi connectivity index (χ0n) is 10.4. The Hall–Kier alpha value is -1.63. The number of aromatic nitrogens is 2. The van der Waals surface area contributed by atoms with Gasteiger partial charge in [-0.1, -0.05) is 0 Å². The fourth-order valence-corrected chi connectivity index (χ4v) is 2.60. The maximum Gasteiger partial charge on any atom is 0.406 e. The van der Waals surface area contributed by atoms with Gasteiger partial charge in [-0.05, 0) is 35.6 Å². The Morgan fingerprint density at radius 1 is 1.61 bits per heavy atom. The minimum absolute atomic E-state index is 0.0951. The van der Waals surface area contributed by atoms with E-state index < -0.39 is 4.92 Å². The molecule has 100 valence electrons. The van der Waals surface area contributed by atoms with Gasteiger partial charge in [0.2, 0.25) is 12.1 Å². The minimum Gasteiger partial charge on any atom is -0.396 e. The maximum absolute atomic E-state index is 11.0. The predicted molar refractivity (Wildman–Crippen MR) is 66.6 cm³/mol. The third-order valence-corrected chi connectivity index (χ3v) is 3.42. The molecular formula is C11H18N4O3. The quantitative estimate of drug-likeness (QED) is 0.641. The molecule has 0 spiro atoms. The van der Waals surface area contributed by atoms with Gasteiger partial charge in [0.15, 0.2) is 0 Å². The molecule has 0 radical (unpaired) electrons. The summed E-state index contributed by atoms with van der Waals surface area (Å²) in [4.78, 5) is 16.4. The van der Waals surface area contributed by atoms with Crippen molar-refractivity contribution in [1.82, 2.24) is 9.55 Å². The van der Waals surface area contributed by atoms with Gasteiger partial charge in [0.1, 0.15) is 0 Å². The molecule has 1 unspecified atom stereocenters. The normalized spacial score (nSPS) is 20.1. The lowest BCUT2D eigenvalue weighted by molar-refractivity contribution is -0.388. The van der Waals surface area contributed by atoms with Crippen molar-refractivity contribution in [2.45, 2.75) is 31.7 Å². The Morgan fingerprint density at radius 2 is 2.39 bits per heavy atom. The van der Waals surface area contributed by atoms with Crippen molar-refractivity contribution in [2.75, 3.05) is 18.1 Å². The highest BCUT2D eigenvalue weighted by molar-refractivity contribution is 5.55. The molecule has 0 bridgehead atoms. The molecule has 1 fully saturated rings. The van der Waals surface area contributed by atoms with E-state index in [0.29, 0.717) is 12.2 Å². The van der Waals surface area contributed by atoms with Crippen LogP contribution in [0.5, 0.6) is 0 Å². The van der Waals surface area contributed by atoms with E-state index in [0.717, 1.165) is 25.8 Å². The van der Waals surface area contributed by atoms with E-state index in [9.17, 15) is 10.1 Å². The first kappa shape index (κ1) is 12.8. The van der Waals surface area contributed by atoms with Crippen LogP contribution < -0.4 is 4.90 Å². The van der Waals surface area contributed by atoms with E-state index in [-0.39, 0.29) is 18.5 Å². The van der Waals surface area contributed by atoms with Gasteiger partial charge in [-0.2, -0.15) is 0 Å². The number of aryl methyl sites for hydroxylation is 1. The van der Waals surface area contributed by atoms with Gasteiger partial charge in [0.05, 0.1) is 0 Å². The second-order valence-electron chi connectivity index (χ2n) is 4.62. The number of hydrogen-bond donors (Lipinski definition) is 1. The average Bonchev–Trinajstić information content (AvgIpc) is 2.72. The summed E-state index contributed by atoms with van der Waals surface area (Å²) in [5, 5.41) is 20.1. The molecule has 0 saturated carbocycles. The van der Waals surface area contributed by atoms with Crippen molar-refractivity contribution in [3.8, 4) is 0 Å². The van der Waals surface area contributed by atoms with Crippen molar-refractivity contribution in [1.29, 1.82) is 0 Å². The molecule has 2 rings (SSSR count). The van der Waals surface area contributed by atoms with Crippen LogP contribution in [0.25, 0.3) is 0 Å². The zero-order chi connectivity index (χ0) is 13.1. The Morgan fingerprint density at radius 3 is 3.06 bits per heavy atom. The summed E-state index contributed by atoms with van der Waals surface area (Å²) in [6, 6.07) is 0.165. The van der Waals surface area contributed by atoms with E-state index in [2.05, 4.69) is 4.98 Å². The number of imidazole rings is 1. The molecule has 0 aromatic carbocycles. The molecule has 7 heteroatoms. The second-order valence-corrected chi connectivity index (χ2v) is 4.62. The van der Waals surface area contributed by atoms with Gasteiger partial charge in [0, 0.05) is 26.2 Å². The van der Waals surface area contributed by atoms with Crippen LogP contribution in [0.3, 0.4) is 0 Å². The molecular weight excluding hydrogens is 236 g/mol. The summed E-state index contributed by atoms with van der Waals surface area (Å²) in [7, 11) is 1.76. The highest BCUT2D eigenvalue weighted by Gasteiger charge is 2.31. The fraction of sp³-hybridized carbons (Fsp3) is 0.727. The summed E-state index contributed by atoms with van der Waals surface area (Å²) < 4.78 is 1.69. The standard InChI is InChI=1S/C11H18N4O3/c1-13-8-12-10(15(17)18)11(13)14-6-3-2-4-9(14)5-7-16/h8-9,16H,2-7H2,1H3. The number of rotatable bonds is 4. The third kappa shape index (κ3) is 2.31. The summed E-state index contributed by atoms with van der Waals surface area (Å²) in [6.45, 7) is 0.887. The Kier molecular flexibility index (Phi) is 3.81. The van der Waals surface area contributed by atoms with Gasteiger partial charge < -0.3 is 20.1 Å². The SMILES string of the molecule is Cn1cnc([N+](=O)[O-])c1N1CCCCC1CCO. The number of aliphatic hydroxyl groups excluding tert-OH is 1. The van der Waals surface area contributed by atoms with Gasteiger partial charge in [-0.25, -0.2) is 0 Å². The van der Waals surface area contributed by atoms with Crippen molar-refractivity contribution < 1.29 is 10.0 Å². The Bertz CT molecular complexity index is 430. The summed E-state index contributed by atoms with van der Waals surface area (Å²) in [6.07, 6.45) is 5.19. The number of nitrogens with zero attached hydrogens (tertiary/aromatic N) is 4. The van der Waals surface area contributed by atoms with Gasteiger partial charge >= 0.3 is 5.82 Å². The number of anilines is 1. The molecule has 0 aliphatic carbocycles. The fourth-order valence-electron chi connectivity index (χ4n) is 2.60. The van der Waals surface area contributed by atoms with Crippen LogP contribution in [0.1, 0.15) is 25.7 Å². The Balaban J connectivity index is 2.32. The first-order valence-electron chi connectivity index (χ1n) is 6.18. The lowest BCUT2D eigenvalue weighted by Crippen LogP contribution is -2.41. The van der Waals surface area contributed by atoms with E-state index in [1.807, 2.05) is 4.90 Å². The summed E-state index contributed by atoms with van der Waals surface area (Å²) in [5.41, 5.74) is 0. The molecule has 1 aliphatic rings. The average molecular weight is 254 g/mol. The van der Waals surface area contributed by atoms with E-state index in [4.69, 9.17) is 5.11 Å². The maximum atomic E-state index is 11.0. The molecule has 1 N–H and O–H groups in total. The molecule has 0 amide bonds. The highest BCUT2D eigenvalue weighted by Crippen LogP contribution is 2.32. The summed E-state index contributed by atoms with van der Waals surface area (Å²) in [5.74, 6) is 0.459. The molecule has 2 heterocycles. The number of piperidine rings is 1. The van der Waals surface area contributed by atoms with Crippen LogP contribution >= 0.6 is 0 Å². The van der Waals surface area contributed by atoms with E-state index >= 15 is 0 Å². The van der Waals surface area contributed by atoms with Crippen LogP contribution in [0.4, 0.5) is 11.6 Å². The molecule has 1 aliphatic heterocycles. The lowest BCUT2D eigenvalue weighted by atomic mass is 10.00. The first-order valence-corrected chi connectivity index (χ1v) is 6.18. The van der Waals surface area contributed by atoms with Crippen molar-refractivity contribution in [3.63, 3.8) is 0 Å². The van der Waals surface area contributed by atoms with Gasteiger partial charge in [-0.15, -0.1) is 0 Å². The van der Waals surface area contributed by atoms with Crippen LogP contribution in [0, 0.1) is 10.1 Å². The van der Waals surface area contributed by atoms with Crippen molar-refractivity contribution >= 4 is 11.6 Å². The predicted octanol–water partition coefficient (Wildman–Crippen LogP) is 1.07. The molecule has 7 nitrogen and oxygen atoms in total. The molecule has 1 atom stereocenters. The lowest BCUT2D eigenvalue weighted by Gasteiger charge is -2.36. The number of hydrogen-bond acceptors (Lipinski definition) is 5. The molecule has 1 saturated heterocycles. The first-order chi connectivity index (χ1) is 8.65. The molecule has 1 aromatic heterocycles. The third-order valence-electron chi connectivity index (χ3n) is 3.42. The topological polar surface area (TPSA) is 84.4 Å². The van der Waals surface area contributed by atoms with E-state index in [1.54, 1.807) is 11.6 Å². The van der Waals surface area contributed by atoms with Crippen LogP contribution in [-0.4, -0.2) is 38.8 Å². The largest absolute Gasteiger partial charge is 0.406 e. The van der Waals surface area contributed by atoms with Gasteiger partial charge in [0.25, 0.3) is 0 Å². The van der Waals surface area contributed by atoms with Crippen LogP contribution in [0.15, 0.2) is 6.33 Å². The summed E-state index contributed by atoms with van der Waals surface area (Å²) >= 11 is 0. The van der Waals surface area contributed by atoms with E-state index in [1.165, 1.54) is 6.33 Å². The highest BCUT2D eigenvalue weighted by atomic mass is 16.6.